The Balaban J connectivity index is 1.80. The van der Waals surface area contributed by atoms with Crippen molar-refractivity contribution < 1.29 is 27.9 Å². The number of alkyl halides is 2. The van der Waals surface area contributed by atoms with E-state index in [-0.39, 0.29) is 47.9 Å². The molecule has 0 spiro atoms. The van der Waals surface area contributed by atoms with Crippen molar-refractivity contribution in [1.82, 2.24) is 24.8 Å². The summed E-state index contributed by atoms with van der Waals surface area (Å²) < 4.78 is 35.5. The quantitative estimate of drug-likeness (QED) is 0.300. The first-order chi connectivity index (χ1) is 19.3. The molecule has 13 heteroatoms. The van der Waals surface area contributed by atoms with Crippen molar-refractivity contribution in [2.75, 3.05) is 26.5 Å². The monoisotopic (exact) mass is 572 g/mol. The number of para-hydroxylation sites is 1. The molecule has 3 amide bonds. The molecule has 2 heterocycles. The number of halogens is 2. The van der Waals surface area contributed by atoms with Crippen molar-refractivity contribution in [3.63, 3.8) is 0 Å². The van der Waals surface area contributed by atoms with E-state index in [4.69, 9.17) is 0 Å². The number of alkyl carbamates (subject to hydrolysis) is 1. The van der Waals surface area contributed by atoms with Crippen LogP contribution in [0.2, 0.25) is 0 Å². The number of hydrogen-bond acceptors (Lipinski definition) is 6. The average Bonchev–Trinajstić information content (AvgIpc) is 3.34. The summed E-state index contributed by atoms with van der Waals surface area (Å²) in [7, 11) is 4.36. The van der Waals surface area contributed by atoms with Crippen LogP contribution in [-0.2, 0) is 26.8 Å². The van der Waals surface area contributed by atoms with Gasteiger partial charge in [-0.15, -0.1) is 0 Å². The number of pyridine rings is 1. The standard InChI is InChI=1S/C28H34F2N6O5/c1-17(2)28(29,30)18-10-8-12-19-24(18)34-22(31-19)16-36-15-9-13-21(26(36)39)32-25(38)20(33-27(40)41-5)11-6-7-14-23(37)35(3)4/h7-10,12-15,17,20H,6,11,16H2,1-5H3,(H,31,34)(H,32,38)(H,33,40)/b14-7+/t20-/m0/s1. The van der Waals surface area contributed by atoms with Gasteiger partial charge in [0, 0.05) is 31.8 Å². The lowest BCUT2D eigenvalue weighted by Crippen LogP contribution is -2.44. The predicted octanol–water partition coefficient (Wildman–Crippen LogP) is 3.61. The second kappa shape index (κ2) is 13.2. The van der Waals surface area contributed by atoms with Crippen LogP contribution in [0.25, 0.3) is 11.0 Å². The number of carbonyl (C=O) groups is 3. The Kier molecular flexibility index (Phi) is 9.98. The number of fused-ring (bicyclic) bond motifs is 1. The Hall–Kier alpha value is -4.55. The Morgan fingerprint density at radius 2 is 1.93 bits per heavy atom. The molecule has 0 bridgehead atoms. The molecule has 0 fully saturated rings. The third-order valence-corrected chi connectivity index (χ3v) is 6.36. The first-order valence-corrected chi connectivity index (χ1v) is 12.9. The number of imidazole rings is 1. The van der Waals surface area contributed by atoms with Crippen molar-refractivity contribution in [1.29, 1.82) is 0 Å². The van der Waals surface area contributed by atoms with Crippen LogP contribution in [0, 0.1) is 5.92 Å². The van der Waals surface area contributed by atoms with E-state index in [1.54, 1.807) is 26.2 Å². The molecule has 220 valence electrons. The number of amides is 3. The molecule has 0 radical (unpaired) electrons. The van der Waals surface area contributed by atoms with Gasteiger partial charge in [0.05, 0.1) is 24.7 Å². The van der Waals surface area contributed by atoms with Gasteiger partial charge < -0.3 is 29.8 Å². The Bertz CT molecular complexity index is 1490. The Morgan fingerprint density at radius 3 is 2.59 bits per heavy atom. The molecule has 0 saturated heterocycles. The molecule has 0 aliphatic carbocycles. The van der Waals surface area contributed by atoms with Gasteiger partial charge in [0.15, 0.2) is 0 Å². The molecule has 41 heavy (non-hydrogen) atoms. The van der Waals surface area contributed by atoms with Crippen LogP contribution in [0.5, 0.6) is 0 Å². The summed E-state index contributed by atoms with van der Waals surface area (Å²) in [6, 6.07) is 6.37. The third kappa shape index (κ3) is 7.56. The summed E-state index contributed by atoms with van der Waals surface area (Å²) in [4.78, 5) is 58.4. The van der Waals surface area contributed by atoms with E-state index >= 15 is 0 Å². The van der Waals surface area contributed by atoms with Gasteiger partial charge >= 0.3 is 6.09 Å². The average molecular weight is 573 g/mol. The zero-order valence-electron chi connectivity index (χ0n) is 23.5. The number of aromatic amines is 1. The van der Waals surface area contributed by atoms with Crippen LogP contribution in [-0.4, -0.2) is 64.6 Å². The van der Waals surface area contributed by atoms with Gasteiger partial charge in [0.2, 0.25) is 11.8 Å². The molecule has 0 saturated carbocycles. The molecule has 0 aliphatic rings. The topological polar surface area (TPSA) is 138 Å². The van der Waals surface area contributed by atoms with Gasteiger partial charge in [-0.1, -0.05) is 32.1 Å². The number of aromatic nitrogens is 3. The number of anilines is 1. The van der Waals surface area contributed by atoms with Gasteiger partial charge in [-0.05, 0) is 37.1 Å². The van der Waals surface area contributed by atoms with E-state index in [1.165, 1.54) is 59.9 Å². The molecule has 1 aromatic carbocycles. The van der Waals surface area contributed by atoms with Gasteiger partial charge in [-0.25, -0.2) is 18.6 Å². The fourth-order valence-electron chi connectivity index (χ4n) is 3.94. The predicted molar refractivity (Wildman–Crippen MR) is 150 cm³/mol. The highest BCUT2D eigenvalue weighted by Crippen LogP contribution is 2.38. The van der Waals surface area contributed by atoms with Crippen LogP contribution >= 0.6 is 0 Å². The maximum absolute atomic E-state index is 14.8. The van der Waals surface area contributed by atoms with Crippen LogP contribution in [0.3, 0.4) is 0 Å². The zero-order chi connectivity index (χ0) is 30.3. The van der Waals surface area contributed by atoms with E-state index in [2.05, 4.69) is 25.3 Å². The second-order valence-corrected chi connectivity index (χ2v) is 9.91. The summed E-state index contributed by atoms with van der Waals surface area (Å²) in [5, 5.41) is 4.95. The van der Waals surface area contributed by atoms with Crippen molar-refractivity contribution >= 4 is 34.6 Å². The number of hydrogen-bond donors (Lipinski definition) is 3. The highest BCUT2D eigenvalue weighted by molar-refractivity contribution is 5.96. The number of H-pyrrole nitrogens is 1. The normalized spacial score (nSPS) is 12.5. The number of methoxy groups -OCH3 is 1. The maximum atomic E-state index is 14.8. The maximum Gasteiger partial charge on any atom is 0.407 e. The van der Waals surface area contributed by atoms with Gasteiger partial charge in [0.1, 0.15) is 17.6 Å². The Labute approximate surface area is 235 Å². The van der Waals surface area contributed by atoms with Gasteiger partial charge in [-0.3, -0.25) is 14.4 Å². The minimum absolute atomic E-state index is 0.0596. The number of likely N-dealkylation sites (N-methyl/N-ethyl adjacent to an activating group) is 1. The molecular weight excluding hydrogens is 538 g/mol. The van der Waals surface area contributed by atoms with Crippen molar-refractivity contribution in [2.45, 2.75) is 45.2 Å². The van der Waals surface area contributed by atoms with Gasteiger partial charge in [0.25, 0.3) is 11.5 Å². The number of allylic oxidation sites excluding steroid dienone is 1. The molecule has 0 unspecified atom stereocenters. The first-order valence-electron chi connectivity index (χ1n) is 12.9. The molecule has 11 nitrogen and oxygen atoms in total. The van der Waals surface area contributed by atoms with Crippen LogP contribution < -0.4 is 16.2 Å². The number of nitrogens with zero attached hydrogens (tertiary/aromatic N) is 3. The van der Waals surface area contributed by atoms with E-state index in [0.29, 0.717) is 5.52 Å². The SMILES string of the molecule is COC(=O)N[C@@H](CC/C=C/C(=O)N(C)C)C(=O)Nc1cccn(Cc2nc3c(C(F)(F)C(C)C)cccc3[nH]2)c1=O. The van der Waals surface area contributed by atoms with E-state index < -0.39 is 35.4 Å². The minimum atomic E-state index is -3.10. The van der Waals surface area contributed by atoms with Crippen molar-refractivity contribution in [3.05, 3.63) is 70.4 Å². The lowest BCUT2D eigenvalue weighted by Gasteiger charge is -2.20. The van der Waals surface area contributed by atoms with Crippen LogP contribution in [0.15, 0.2) is 53.5 Å². The summed E-state index contributed by atoms with van der Waals surface area (Å²) in [6.07, 6.45) is 3.98. The van der Waals surface area contributed by atoms with E-state index in [0.717, 1.165) is 7.11 Å². The lowest BCUT2D eigenvalue weighted by molar-refractivity contribution is -0.123. The second-order valence-electron chi connectivity index (χ2n) is 9.91. The summed E-state index contributed by atoms with van der Waals surface area (Å²) in [5.74, 6) is -4.65. The number of ether oxygens (including phenoxy) is 1. The molecule has 2 aromatic heterocycles. The Morgan fingerprint density at radius 1 is 1.20 bits per heavy atom. The van der Waals surface area contributed by atoms with E-state index in [1.807, 2.05) is 0 Å². The minimum Gasteiger partial charge on any atom is -0.453 e. The highest BCUT2D eigenvalue weighted by Gasteiger charge is 2.37. The summed E-state index contributed by atoms with van der Waals surface area (Å²) in [6.45, 7) is 2.79. The highest BCUT2D eigenvalue weighted by atomic mass is 19.3. The fraction of sp³-hybridized carbons (Fsp3) is 0.393. The largest absolute Gasteiger partial charge is 0.453 e. The van der Waals surface area contributed by atoms with Gasteiger partial charge in [-0.2, -0.15) is 0 Å². The summed E-state index contributed by atoms with van der Waals surface area (Å²) in [5.41, 5.74) is -0.297. The van der Waals surface area contributed by atoms with Crippen LogP contribution in [0.1, 0.15) is 38.1 Å². The van der Waals surface area contributed by atoms with Crippen molar-refractivity contribution in [3.8, 4) is 0 Å². The zero-order valence-corrected chi connectivity index (χ0v) is 23.5. The molecule has 3 rings (SSSR count). The number of carbonyl (C=O) groups excluding carboxylic acids is 3. The molecule has 0 aliphatic heterocycles. The fourth-order valence-corrected chi connectivity index (χ4v) is 3.94. The third-order valence-electron chi connectivity index (χ3n) is 6.36. The van der Waals surface area contributed by atoms with Crippen LogP contribution in [0.4, 0.5) is 19.3 Å². The number of rotatable bonds is 11. The smallest absolute Gasteiger partial charge is 0.407 e. The number of benzene rings is 1. The molecular formula is C28H34F2N6O5. The summed E-state index contributed by atoms with van der Waals surface area (Å²) >= 11 is 0. The number of nitrogens with one attached hydrogen (secondary N) is 3. The van der Waals surface area contributed by atoms with E-state index in [9.17, 15) is 28.0 Å². The molecule has 3 aromatic rings. The lowest BCUT2D eigenvalue weighted by atomic mass is 9.97. The molecule has 3 N–H and O–H groups in total. The van der Waals surface area contributed by atoms with Crippen molar-refractivity contribution in [2.24, 2.45) is 5.92 Å². The first kappa shape index (κ1) is 31.0. The molecule has 1 atom stereocenters.